The van der Waals surface area contributed by atoms with Crippen LogP contribution in [0.25, 0.3) is 0 Å². The van der Waals surface area contributed by atoms with E-state index >= 15 is 0 Å². The van der Waals surface area contributed by atoms with Crippen LogP contribution >= 0.6 is 0 Å². The van der Waals surface area contributed by atoms with Crippen LogP contribution in [-0.2, 0) is 10.8 Å². The van der Waals surface area contributed by atoms with Crippen LogP contribution in [0.5, 0.6) is 0 Å². The van der Waals surface area contributed by atoms with Gasteiger partial charge in [-0.15, -0.1) is 0 Å². The summed E-state index contributed by atoms with van der Waals surface area (Å²) in [6.07, 6.45) is -2.66. The van der Waals surface area contributed by atoms with Crippen molar-refractivity contribution in [2.24, 2.45) is 0 Å². The van der Waals surface area contributed by atoms with Gasteiger partial charge in [-0.3, -0.25) is 9.11 Å². The first-order valence-corrected chi connectivity index (χ1v) is 8.38. The van der Waals surface area contributed by atoms with Crippen molar-refractivity contribution in [2.45, 2.75) is 31.3 Å². The van der Waals surface area contributed by atoms with Crippen molar-refractivity contribution in [1.29, 1.82) is 0 Å². The monoisotopic (exact) mass is 329 g/mol. The number of halogens is 3. The standard InChI is InChI=1S/C12H22F3N3O2S/c1-9-7-17(4-5-18(9)8-12(13,14)15)11(19)16-6-10(2)21(3)20/h9-10H,4-8H2,1-3H3,(H,16,19)/t9-,10+,21-/m1/s1. The van der Waals surface area contributed by atoms with E-state index in [1.807, 2.05) is 0 Å². The van der Waals surface area contributed by atoms with Crippen LogP contribution in [-0.4, -0.2) is 76.5 Å². The van der Waals surface area contributed by atoms with E-state index in [-0.39, 0.29) is 37.0 Å². The van der Waals surface area contributed by atoms with Crippen LogP contribution in [0.3, 0.4) is 0 Å². The summed E-state index contributed by atoms with van der Waals surface area (Å²) in [4.78, 5) is 14.8. The summed E-state index contributed by atoms with van der Waals surface area (Å²) in [5, 5.41) is 2.52. The lowest BCUT2D eigenvalue weighted by molar-refractivity contribution is -0.153. The molecule has 1 rings (SSSR count). The first-order chi connectivity index (χ1) is 9.60. The summed E-state index contributed by atoms with van der Waals surface area (Å²) in [5.74, 6) is 0. The fourth-order valence-electron chi connectivity index (χ4n) is 2.11. The van der Waals surface area contributed by atoms with Crippen molar-refractivity contribution >= 4 is 16.8 Å². The third kappa shape index (κ3) is 6.21. The highest BCUT2D eigenvalue weighted by Gasteiger charge is 2.35. The molecule has 1 aliphatic heterocycles. The maximum Gasteiger partial charge on any atom is 0.401 e. The molecule has 0 aromatic rings. The number of hydrogen-bond acceptors (Lipinski definition) is 3. The average molecular weight is 329 g/mol. The molecule has 0 aromatic carbocycles. The first-order valence-electron chi connectivity index (χ1n) is 6.76. The fourth-order valence-corrected chi connectivity index (χ4v) is 2.42. The van der Waals surface area contributed by atoms with E-state index in [1.165, 1.54) is 9.80 Å². The third-order valence-electron chi connectivity index (χ3n) is 3.54. The van der Waals surface area contributed by atoms with Gasteiger partial charge in [0.2, 0.25) is 0 Å². The molecule has 1 saturated heterocycles. The van der Waals surface area contributed by atoms with Crippen molar-refractivity contribution in [3.05, 3.63) is 0 Å². The molecule has 0 bridgehead atoms. The van der Waals surface area contributed by atoms with E-state index < -0.39 is 23.5 Å². The number of hydrogen-bond donors (Lipinski definition) is 1. The van der Waals surface area contributed by atoms with Gasteiger partial charge in [0, 0.05) is 54.5 Å². The maximum atomic E-state index is 12.4. The van der Waals surface area contributed by atoms with Gasteiger partial charge in [0.05, 0.1) is 6.54 Å². The quantitative estimate of drug-likeness (QED) is 0.838. The number of carbonyl (C=O) groups is 1. The SMILES string of the molecule is C[C@@H]1CN(C(=O)NC[C@H](C)[S@@](C)=O)CCN1CC(F)(F)F. The van der Waals surface area contributed by atoms with Gasteiger partial charge in [0.1, 0.15) is 0 Å². The van der Waals surface area contributed by atoms with Crippen molar-refractivity contribution in [3.63, 3.8) is 0 Å². The predicted octanol–water partition coefficient (Wildman–Crippen LogP) is 1.03. The van der Waals surface area contributed by atoms with Gasteiger partial charge in [-0.2, -0.15) is 13.2 Å². The topological polar surface area (TPSA) is 52.7 Å². The Morgan fingerprint density at radius 1 is 1.43 bits per heavy atom. The molecule has 0 radical (unpaired) electrons. The van der Waals surface area contributed by atoms with Gasteiger partial charge in [-0.05, 0) is 13.8 Å². The molecule has 1 fully saturated rings. The van der Waals surface area contributed by atoms with E-state index in [0.29, 0.717) is 6.54 Å². The predicted molar refractivity (Wildman–Crippen MR) is 75.6 cm³/mol. The van der Waals surface area contributed by atoms with Gasteiger partial charge >= 0.3 is 12.2 Å². The summed E-state index contributed by atoms with van der Waals surface area (Å²) in [7, 11) is -1.02. The second kappa shape index (κ2) is 7.44. The zero-order valence-electron chi connectivity index (χ0n) is 12.4. The molecule has 0 saturated carbocycles. The highest BCUT2D eigenvalue weighted by Crippen LogP contribution is 2.20. The van der Waals surface area contributed by atoms with Gasteiger partial charge in [0.25, 0.3) is 0 Å². The summed E-state index contributed by atoms with van der Waals surface area (Å²) in [5.41, 5.74) is 0. The van der Waals surface area contributed by atoms with Gasteiger partial charge in [-0.25, -0.2) is 4.79 Å². The van der Waals surface area contributed by atoms with Crippen LogP contribution in [0.4, 0.5) is 18.0 Å². The van der Waals surface area contributed by atoms with Crippen molar-refractivity contribution < 1.29 is 22.2 Å². The zero-order chi connectivity index (χ0) is 16.2. The molecule has 9 heteroatoms. The lowest BCUT2D eigenvalue weighted by Crippen LogP contribution is -2.57. The molecule has 0 unspecified atom stereocenters. The molecule has 21 heavy (non-hydrogen) atoms. The summed E-state index contributed by atoms with van der Waals surface area (Å²) < 4.78 is 48.4. The maximum absolute atomic E-state index is 12.4. The number of nitrogens with zero attached hydrogens (tertiary/aromatic N) is 2. The van der Waals surface area contributed by atoms with E-state index in [4.69, 9.17) is 0 Å². The Labute approximate surface area is 125 Å². The van der Waals surface area contributed by atoms with Crippen LogP contribution < -0.4 is 5.32 Å². The van der Waals surface area contributed by atoms with Crippen LogP contribution in [0.15, 0.2) is 0 Å². The van der Waals surface area contributed by atoms with Crippen molar-refractivity contribution in [3.8, 4) is 0 Å². The molecule has 2 amide bonds. The average Bonchev–Trinajstić information content (AvgIpc) is 2.36. The van der Waals surface area contributed by atoms with Crippen LogP contribution in [0.1, 0.15) is 13.8 Å². The number of nitrogens with one attached hydrogen (secondary N) is 1. The number of piperazine rings is 1. The minimum atomic E-state index is -4.22. The molecule has 0 spiro atoms. The van der Waals surface area contributed by atoms with E-state index in [9.17, 15) is 22.2 Å². The van der Waals surface area contributed by atoms with Crippen LogP contribution in [0, 0.1) is 0 Å². The number of urea groups is 1. The molecule has 1 aliphatic rings. The van der Waals surface area contributed by atoms with E-state index in [1.54, 1.807) is 20.1 Å². The lowest BCUT2D eigenvalue weighted by Gasteiger charge is -2.40. The molecule has 3 atom stereocenters. The van der Waals surface area contributed by atoms with Crippen molar-refractivity contribution in [1.82, 2.24) is 15.1 Å². The molecular weight excluding hydrogens is 307 g/mol. The van der Waals surface area contributed by atoms with Gasteiger partial charge < -0.3 is 10.2 Å². The van der Waals surface area contributed by atoms with Gasteiger partial charge in [-0.1, -0.05) is 0 Å². The molecule has 124 valence electrons. The Hall–Kier alpha value is -0.830. The van der Waals surface area contributed by atoms with Crippen molar-refractivity contribution in [2.75, 3.05) is 39.0 Å². The Bertz CT molecular complexity index is 392. The Morgan fingerprint density at radius 2 is 2.05 bits per heavy atom. The fraction of sp³-hybridized carbons (Fsp3) is 0.917. The molecule has 1 heterocycles. The largest absolute Gasteiger partial charge is 0.401 e. The van der Waals surface area contributed by atoms with E-state index in [0.717, 1.165) is 0 Å². The van der Waals surface area contributed by atoms with Crippen LogP contribution in [0.2, 0.25) is 0 Å². The highest BCUT2D eigenvalue weighted by atomic mass is 32.2. The van der Waals surface area contributed by atoms with E-state index in [2.05, 4.69) is 5.32 Å². The minimum Gasteiger partial charge on any atom is -0.337 e. The normalized spacial score (nSPS) is 23.7. The zero-order valence-corrected chi connectivity index (χ0v) is 13.3. The molecule has 1 N–H and O–H groups in total. The summed E-state index contributed by atoms with van der Waals surface area (Å²) in [6.45, 7) is 3.49. The highest BCUT2D eigenvalue weighted by molar-refractivity contribution is 7.84. The Morgan fingerprint density at radius 3 is 2.52 bits per heavy atom. The lowest BCUT2D eigenvalue weighted by atomic mass is 10.2. The molecule has 0 aromatic heterocycles. The number of rotatable bonds is 4. The van der Waals surface area contributed by atoms with Gasteiger partial charge in [0.15, 0.2) is 0 Å². The third-order valence-corrected chi connectivity index (χ3v) is 4.84. The Balaban J connectivity index is 2.43. The Kier molecular flexibility index (Phi) is 6.45. The summed E-state index contributed by atoms with van der Waals surface area (Å²) in [6, 6.07) is -0.658. The molecule has 5 nitrogen and oxygen atoms in total. The second-order valence-electron chi connectivity index (χ2n) is 5.38. The number of alkyl halides is 3. The molecule has 0 aliphatic carbocycles. The second-order valence-corrected chi connectivity index (χ2v) is 7.18. The smallest absolute Gasteiger partial charge is 0.337 e. The number of amides is 2. The summed E-state index contributed by atoms with van der Waals surface area (Å²) >= 11 is 0. The first kappa shape index (κ1) is 18.2. The number of carbonyl (C=O) groups excluding carboxylic acids is 1. The minimum absolute atomic E-state index is 0.155. The molecular formula is C12H22F3N3O2S.